The highest BCUT2D eigenvalue weighted by atomic mass is 32.2. The molecular weight excluding hydrogens is 743 g/mol. The van der Waals surface area contributed by atoms with Gasteiger partial charge < -0.3 is 29.1 Å². The normalized spacial score (nSPS) is 19.4. The fraction of sp³-hybridized carbons (Fsp3) is 0.200. The van der Waals surface area contributed by atoms with Crippen LogP contribution in [0.25, 0.3) is 22.6 Å². The first-order chi connectivity index (χ1) is 27.9. The largest absolute Gasteiger partial charge is 0.445 e. The van der Waals surface area contributed by atoms with Crippen molar-refractivity contribution in [2.75, 3.05) is 10.7 Å². The molecule has 2 aliphatic rings. The van der Waals surface area contributed by atoms with Crippen molar-refractivity contribution >= 4 is 35.4 Å². The van der Waals surface area contributed by atoms with E-state index >= 15 is 0 Å². The van der Waals surface area contributed by atoms with Gasteiger partial charge in [-0.3, -0.25) is 9.59 Å². The number of aliphatic hydroxyl groups excluding tert-OH is 1. The number of rotatable bonds is 12. The average molecular weight is 782 g/mol. The maximum atomic E-state index is 13.5. The lowest BCUT2D eigenvalue weighted by Crippen LogP contribution is -2.42. The molecule has 1 aromatic heterocycles. The smallest absolute Gasteiger partial charge is 0.408 e. The number of hydrogen-bond acceptors (Lipinski definition) is 10. The molecule has 5 aromatic carbocycles. The van der Waals surface area contributed by atoms with Crippen molar-refractivity contribution in [3.8, 4) is 22.6 Å². The molecule has 2 saturated heterocycles. The van der Waals surface area contributed by atoms with Crippen LogP contribution < -0.4 is 10.2 Å². The number of carbonyl (C=O) groups is 3. The molecule has 4 atom stereocenters. The fourth-order valence-electron chi connectivity index (χ4n) is 6.86. The van der Waals surface area contributed by atoms with Gasteiger partial charge in [0.1, 0.15) is 18.3 Å². The van der Waals surface area contributed by atoms with Crippen molar-refractivity contribution < 1.29 is 38.1 Å². The lowest BCUT2D eigenvalue weighted by molar-refractivity contribution is -0.245. The number of alkyl carbamates (subject to hydrolysis) is 1. The molecule has 2 fully saturated rings. The predicted molar refractivity (Wildman–Crippen MR) is 214 cm³/mol. The Hall–Kier alpha value is -6.05. The van der Waals surface area contributed by atoms with E-state index in [4.69, 9.17) is 23.6 Å². The van der Waals surface area contributed by atoms with Crippen molar-refractivity contribution in [2.45, 2.75) is 55.8 Å². The summed E-state index contributed by atoms with van der Waals surface area (Å²) in [5, 5.41) is 12.7. The molecule has 3 amide bonds. The highest BCUT2D eigenvalue weighted by Crippen LogP contribution is 2.42. The first-order valence-electron chi connectivity index (χ1n) is 18.6. The van der Waals surface area contributed by atoms with Crippen molar-refractivity contribution in [2.24, 2.45) is 0 Å². The lowest BCUT2D eigenvalue weighted by atomic mass is 10.0. The van der Waals surface area contributed by atoms with E-state index in [0.717, 1.165) is 38.4 Å². The van der Waals surface area contributed by atoms with E-state index < -0.39 is 30.2 Å². The minimum Gasteiger partial charge on any atom is -0.445 e. The monoisotopic (exact) mass is 781 g/mol. The molecule has 0 radical (unpaired) electrons. The summed E-state index contributed by atoms with van der Waals surface area (Å²) in [7, 11) is 0. The SMILES string of the molecule is O=C(NC1CC(=O)N(c2cccc([C@@H]3O[C@H](CSc4nc(-c5ccccc5)c(-c5ccccc5)o4)C[C@H](c4ccc(CO)cc4)O3)c2)C1=O)OCc1ccccc1. The minimum absolute atomic E-state index is 0.0300. The molecule has 12 heteroatoms. The Labute approximate surface area is 333 Å². The molecule has 2 aliphatic heterocycles. The van der Waals surface area contributed by atoms with Gasteiger partial charge in [0.25, 0.3) is 11.1 Å². The van der Waals surface area contributed by atoms with Crippen LogP contribution in [-0.2, 0) is 37.0 Å². The number of anilines is 1. The van der Waals surface area contributed by atoms with Gasteiger partial charge in [0, 0.05) is 28.9 Å². The molecule has 6 aromatic rings. The number of amides is 3. The molecule has 0 saturated carbocycles. The van der Waals surface area contributed by atoms with Crippen molar-refractivity contribution in [1.29, 1.82) is 0 Å². The summed E-state index contributed by atoms with van der Waals surface area (Å²) in [6, 6.07) is 42.4. The topological polar surface area (TPSA) is 140 Å². The third-order valence-corrected chi connectivity index (χ3v) is 10.7. The van der Waals surface area contributed by atoms with Crippen LogP contribution in [-0.4, -0.2) is 45.9 Å². The van der Waals surface area contributed by atoms with Crippen LogP contribution in [0.2, 0.25) is 0 Å². The van der Waals surface area contributed by atoms with Crippen molar-refractivity contribution in [1.82, 2.24) is 10.3 Å². The number of ether oxygens (including phenoxy) is 3. The third kappa shape index (κ3) is 8.84. The molecule has 2 N–H and O–H groups in total. The van der Waals surface area contributed by atoms with E-state index in [2.05, 4.69) is 5.32 Å². The Balaban J connectivity index is 1.00. The van der Waals surface area contributed by atoms with Crippen LogP contribution in [0.5, 0.6) is 0 Å². The Kier molecular flexibility index (Phi) is 11.6. The van der Waals surface area contributed by atoms with Crippen LogP contribution in [0, 0.1) is 0 Å². The molecule has 0 spiro atoms. The fourth-order valence-corrected chi connectivity index (χ4v) is 7.70. The Morgan fingerprint density at radius 3 is 2.23 bits per heavy atom. The summed E-state index contributed by atoms with van der Waals surface area (Å²) >= 11 is 1.45. The zero-order valence-corrected chi connectivity index (χ0v) is 31.5. The van der Waals surface area contributed by atoms with Gasteiger partial charge in [-0.2, -0.15) is 0 Å². The van der Waals surface area contributed by atoms with E-state index in [1.165, 1.54) is 11.8 Å². The first kappa shape index (κ1) is 37.9. The van der Waals surface area contributed by atoms with Crippen LogP contribution >= 0.6 is 11.8 Å². The Morgan fingerprint density at radius 2 is 1.51 bits per heavy atom. The van der Waals surface area contributed by atoms with Crippen LogP contribution in [0.4, 0.5) is 10.5 Å². The van der Waals surface area contributed by atoms with Gasteiger partial charge in [0.15, 0.2) is 12.1 Å². The van der Waals surface area contributed by atoms with Crippen LogP contribution in [0.1, 0.15) is 47.5 Å². The summed E-state index contributed by atoms with van der Waals surface area (Å²) in [4.78, 5) is 45.3. The summed E-state index contributed by atoms with van der Waals surface area (Å²) < 4.78 is 24.8. The first-order valence-corrected chi connectivity index (χ1v) is 19.6. The van der Waals surface area contributed by atoms with Crippen molar-refractivity contribution in [3.05, 3.63) is 162 Å². The quantitative estimate of drug-likeness (QED) is 0.0919. The molecule has 8 rings (SSSR count). The third-order valence-electron chi connectivity index (χ3n) is 9.75. The number of benzene rings is 5. The van der Waals surface area contributed by atoms with Crippen LogP contribution in [0.15, 0.2) is 149 Å². The van der Waals surface area contributed by atoms with Crippen molar-refractivity contribution in [3.63, 3.8) is 0 Å². The Bertz CT molecular complexity index is 2270. The molecule has 1 unspecified atom stereocenters. The number of aromatic nitrogens is 1. The standard InChI is InChI=1S/C45H39N3O8S/c49-26-29-19-21-31(22-20-29)38-24-36(28-57-45-47-40(32-13-6-2-7-14-32)41(56-45)33-15-8-3-9-16-33)54-43(55-38)34-17-10-18-35(23-34)48-39(50)25-37(42(48)51)46-44(52)53-27-30-11-4-1-5-12-30/h1-23,36-38,43,49H,24-28H2,(H,46,52)/t36-,37?,38+,43+/m0/s1. The van der Waals surface area contributed by atoms with E-state index in [0.29, 0.717) is 34.4 Å². The van der Waals surface area contributed by atoms with E-state index in [1.807, 2.05) is 121 Å². The highest BCUT2D eigenvalue weighted by molar-refractivity contribution is 7.99. The zero-order chi connectivity index (χ0) is 39.1. The number of hydrogen-bond donors (Lipinski definition) is 2. The summed E-state index contributed by atoms with van der Waals surface area (Å²) in [6.07, 6.45) is -2.02. The number of nitrogens with one attached hydrogen (secondary N) is 1. The number of thioether (sulfide) groups is 1. The number of carbonyl (C=O) groups excluding carboxylic acids is 3. The summed E-state index contributed by atoms with van der Waals surface area (Å²) in [5.74, 6) is 0.153. The highest BCUT2D eigenvalue weighted by Gasteiger charge is 2.41. The maximum Gasteiger partial charge on any atom is 0.408 e. The second-order valence-corrected chi connectivity index (χ2v) is 14.6. The maximum absolute atomic E-state index is 13.5. The summed E-state index contributed by atoms with van der Waals surface area (Å²) in [5.41, 5.74) is 6.05. The second-order valence-electron chi connectivity index (χ2n) is 13.7. The molecule has 0 bridgehead atoms. The number of imide groups is 1. The van der Waals surface area contributed by atoms with Crippen LogP contribution in [0.3, 0.4) is 0 Å². The second kappa shape index (κ2) is 17.4. The van der Waals surface area contributed by atoms with Gasteiger partial charge in [-0.05, 0) is 28.8 Å². The number of oxazole rings is 1. The van der Waals surface area contributed by atoms with Gasteiger partial charge in [-0.1, -0.05) is 139 Å². The predicted octanol–water partition coefficient (Wildman–Crippen LogP) is 8.40. The van der Waals surface area contributed by atoms with Gasteiger partial charge in [-0.15, -0.1) is 0 Å². The van der Waals surface area contributed by atoms with E-state index in [9.17, 15) is 19.5 Å². The van der Waals surface area contributed by atoms with Gasteiger partial charge in [0.2, 0.25) is 5.91 Å². The van der Waals surface area contributed by atoms with E-state index in [-0.39, 0.29) is 31.8 Å². The molecular formula is C45H39N3O8S. The average Bonchev–Trinajstić information content (AvgIpc) is 3.82. The van der Waals surface area contributed by atoms with Gasteiger partial charge in [0.05, 0.1) is 30.9 Å². The van der Waals surface area contributed by atoms with Gasteiger partial charge >= 0.3 is 6.09 Å². The lowest BCUT2D eigenvalue weighted by Gasteiger charge is -2.36. The zero-order valence-electron chi connectivity index (χ0n) is 30.7. The molecule has 0 aliphatic carbocycles. The molecule has 57 heavy (non-hydrogen) atoms. The molecule has 288 valence electrons. The minimum atomic E-state index is -1.07. The molecule has 11 nitrogen and oxygen atoms in total. The summed E-state index contributed by atoms with van der Waals surface area (Å²) in [6.45, 7) is -0.0445. The number of nitrogens with zero attached hydrogens (tertiary/aromatic N) is 2. The Morgan fingerprint density at radius 1 is 0.807 bits per heavy atom. The van der Waals surface area contributed by atoms with Gasteiger partial charge in [-0.25, -0.2) is 14.7 Å². The molecule has 3 heterocycles. The van der Waals surface area contributed by atoms with E-state index in [1.54, 1.807) is 18.2 Å². The number of aliphatic hydroxyl groups is 1.